The molecule has 4 aliphatic rings. The number of H-pyrrole nitrogens is 1. The number of ether oxygens (including phenoxy) is 2. The van der Waals surface area contributed by atoms with Gasteiger partial charge in [-0.05, 0) is 60.7 Å². The molecule has 9 nitrogen and oxygen atoms in total. The Bertz CT molecular complexity index is 1310. The van der Waals surface area contributed by atoms with Gasteiger partial charge in [-0.15, -0.1) is 0 Å². The maximum atomic E-state index is 13.4. The van der Waals surface area contributed by atoms with Crippen LogP contribution in [0.3, 0.4) is 0 Å². The van der Waals surface area contributed by atoms with Crippen LogP contribution < -0.4 is 4.74 Å². The van der Waals surface area contributed by atoms with Crippen LogP contribution in [-0.2, 0) is 4.74 Å². The highest BCUT2D eigenvalue weighted by molar-refractivity contribution is 5.97. The highest BCUT2D eigenvalue weighted by Crippen LogP contribution is 2.45. The van der Waals surface area contributed by atoms with Crippen molar-refractivity contribution in [2.24, 2.45) is 11.8 Å². The predicted octanol–water partition coefficient (Wildman–Crippen LogP) is 2.85. The number of aromatic amines is 1. The van der Waals surface area contributed by atoms with Crippen molar-refractivity contribution >= 4 is 22.8 Å². The second kappa shape index (κ2) is 8.58. The minimum atomic E-state index is 0.0181. The van der Waals surface area contributed by atoms with Crippen LogP contribution in [0.5, 0.6) is 5.75 Å². The number of nitrogens with zero attached hydrogens (tertiary/aromatic N) is 4. The first-order valence-electron chi connectivity index (χ1n) is 12.9. The average molecular weight is 488 g/mol. The van der Waals surface area contributed by atoms with E-state index in [0.29, 0.717) is 61.6 Å². The van der Waals surface area contributed by atoms with Crippen molar-refractivity contribution < 1.29 is 19.1 Å². The van der Waals surface area contributed by atoms with E-state index in [9.17, 15) is 9.59 Å². The van der Waals surface area contributed by atoms with E-state index in [0.717, 1.165) is 48.3 Å². The van der Waals surface area contributed by atoms with Crippen LogP contribution in [0.25, 0.3) is 11.0 Å². The summed E-state index contributed by atoms with van der Waals surface area (Å²) in [6, 6.07) is 11.3. The Morgan fingerprint density at radius 3 is 2.19 bits per heavy atom. The smallest absolute Gasteiger partial charge is 0.253 e. The van der Waals surface area contributed by atoms with E-state index in [-0.39, 0.29) is 17.9 Å². The van der Waals surface area contributed by atoms with Gasteiger partial charge in [0, 0.05) is 55.6 Å². The summed E-state index contributed by atoms with van der Waals surface area (Å²) in [4.78, 5) is 30.4. The molecule has 2 aromatic carbocycles. The van der Waals surface area contributed by atoms with Gasteiger partial charge < -0.3 is 19.3 Å². The fourth-order valence-corrected chi connectivity index (χ4v) is 5.95. The van der Waals surface area contributed by atoms with Crippen LogP contribution in [0.1, 0.15) is 51.5 Å². The molecule has 1 unspecified atom stereocenters. The zero-order valence-electron chi connectivity index (χ0n) is 20.1. The second-order valence-corrected chi connectivity index (χ2v) is 10.6. The van der Waals surface area contributed by atoms with E-state index in [2.05, 4.69) is 21.5 Å². The van der Waals surface area contributed by atoms with Crippen LogP contribution in [0.4, 0.5) is 0 Å². The van der Waals surface area contributed by atoms with Crippen molar-refractivity contribution in [1.82, 2.24) is 25.2 Å². The molecule has 1 aliphatic carbocycles. The number of likely N-dealkylation sites (tertiary alicyclic amines) is 2. The van der Waals surface area contributed by atoms with Gasteiger partial charge in [-0.1, -0.05) is 0 Å². The summed E-state index contributed by atoms with van der Waals surface area (Å²) < 4.78 is 11.7. The van der Waals surface area contributed by atoms with Gasteiger partial charge in [0.05, 0.1) is 13.2 Å². The number of fused-ring (bicyclic) bond motifs is 2. The number of hydrogen-bond donors (Lipinski definition) is 1. The van der Waals surface area contributed by atoms with Crippen LogP contribution in [-0.4, -0.2) is 82.5 Å². The quantitative estimate of drug-likeness (QED) is 0.594. The van der Waals surface area contributed by atoms with E-state index < -0.39 is 0 Å². The maximum absolute atomic E-state index is 13.4. The van der Waals surface area contributed by atoms with Gasteiger partial charge in [-0.3, -0.25) is 9.59 Å². The molecule has 1 N–H and O–H groups in total. The van der Waals surface area contributed by atoms with Gasteiger partial charge in [0.15, 0.2) is 0 Å². The molecule has 2 amide bonds. The molecule has 1 saturated carbocycles. The minimum absolute atomic E-state index is 0.0181. The molecule has 7 rings (SSSR count). The minimum Gasteiger partial charge on any atom is -0.488 e. The summed E-state index contributed by atoms with van der Waals surface area (Å²) in [6.07, 6.45) is 3.31. The largest absolute Gasteiger partial charge is 0.488 e. The maximum Gasteiger partial charge on any atom is 0.253 e. The van der Waals surface area contributed by atoms with Gasteiger partial charge >= 0.3 is 0 Å². The summed E-state index contributed by atoms with van der Waals surface area (Å²) >= 11 is 0. The Balaban J connectivity index is 1.02. The number of benzene rings is 2. The molecule has 3 aliphatic heterocycles. The first kappa shape index (κ1) is 21.8. The number of nitrogens with one attached hydrogen (secondary N) is 1. The third kappa shape index (κ3) is 3.91. The van der Waals surface area contributed by atoms with E-state index >= 15 is 0 Å². The van der Waals surface area contributed by atoms with Crippen molar-refractivity contribution in [3.63, 3.8) is 0 Å². The number of hydrogen-bond acceptors (Lipinski definition) is 6. The van der Waals surface area contributed by atoms with Crippen molar-refractivity contribution in [3.05, 3.63) is 53.1 Å². The third-order valence-electron chi connectivity index (χ3n) is 8.08. The Morgan fingerprint density at radius 2 is 1.53 bits per heavy atom. The van der Waals surface area contributed by atoms with Crippen LogP contribution in [0.2, 0.25) is 0 Å². The molecule has 9 heteroatoms. The van der Waals surface area contributed by atoms with Gasteiger partial charge in [0.2, 0.25) is 0 Å². The Labute approximate surface area is 208 Å². The van der Waals surface area contributed by atoms with Crippen LogP contribution >= 0.6 is 0 Å². The normalized spacial score (nSPS) is 25.5. The number of carbonyl (C=O) groups excluding carboxylic acids is 2. The molecule has 0 radical (unpaired) electrons. The zero-order valence-corrected chi connectivity index (χ0v) is 20.1. The fourth-order valence-electron chi connectivity index (χ4n) is 5.95. The van der Waals surface area contributed by atoms with Crippen LogP contribution in [0, 0.1) is 11.8 Å². The lowest BCUT2D eigenvalue weighted by molar-refractivity contribution is 0.0738. The summed E-state index contributed by atoms with van der Waals surface area (Å²) in [5, 5.41) is 10.7. The second-order valence-electron chi connectivity index (χ2n) is 10.6. The van der Waals surface area contributed by atoms with Gasteiger partial charge in [0.25, 0.3) is 11.8 Å². The molecule has 186 valence electrons. The third-order valence-corrected chi connectivity index (χ3v) is 8.08. The summed E-state index contributed by atoms with van der Waals surface area (Å²) in [5.74, 6) is 2.11. The van der Waals surface area contributed by atoms with Crippen molar-refractivity contribution in [2.75, 3.05) is 39.4 Å². The van der Waals surface area contributed by atoms with Gasteiger partial charge in [0.1, 0.15) is 22.9 Å². The number of rotatable bonds is 5. The molecule has 4 fully saturated rings. The molecule has 3 atom stereocenters. The number of aromatic nitrogens is 3. The van der Waals surface area contributed by atoms with Crippen LogP contribution in [0.15, 0.2) is 36.4 Å². The molecule has 3 aromatic rings. The zero-order chi connectivity index (χ0) is 24.2. The summed E-state index contributed by atoms with van der Waals surface area (Å²) in [7, 11) is 0. The Kier molecular flexibility index (Phi) is 5.20. The molecule has 3 saturated heterocycles. The molecule has 0 spiro atoms. The Morgan fingerprint density at radius 1 is 0.861 bits per heavy atom. The molecule has 0 bridgehead atoms. The molecular formula is C27H29N5O4. The highest BCUT2D eigenvalue weighted by atomic mass is 16.5. The van der Waals surface area contributed by atoms with Crippen molar-refractivity contribution in [3.8, 4) is 5.75 Å². The Hall–Kier alpha value is -3.46. The summed E-state index contributed by atoms with van der Waals surface area (Å²) in [6.45, 7) is 4.10. The van der Waals surface area contributed by atoms with E-state index in [1.807, 2.05) is 34.1 Å². The van der Waals surface area contributed by atoms with Gasteiger partial charge in [-0.25, -0.2) is 0 Å². The highest BCUT2D eigenvalue weighted by Gasteiger charge is 2.43. The fraction of sp³-hybridized carbons (Fsp3) is 0.481. The van der Waals surface area contributed by atoms with E-state index in [1.54, 1.807) is 6.07 Å². The van der Waals surface area contributed by atoms with E-state index in [4.69, 9.17) is 9.47 Å². The van der Waals surface area contributed by atoms with Crippen molar-refractivity contribution in [1.29, 1.82) is 0 Å². The number of amides is 2. The molecule has 4 heterocycles. The van der Waals surface area contributed by atoms with Crippen molar-refractivity contribution in [2.45, 2.75) is 31.3 Å². The molecule has 1 aromatic heterocycles. The molecular weight excluding hydrogens is 458 g/mol. The first-order chi connectivity index (χ1) is 17.6. The van der Waals surface area contributed by atoms with Gasteiger partial charge in [-0.2, -0.15) is 15.4 Å². The van der Waals surface area contributed by atoms with E-state index in [1.165, 1.54) is 0 Å². The lowest BCUT2D eigenvalue weighted by atomic mass is 10.0. The predicted molar refractivity (Wildman–Crippen MR) is 131 cm³/mol. The molecule has 36 heavy (non-hydrogen) atoms. The average Bonchev–Trinajstić information content (AvgIpc) is 3.27. The number of carbonyl (C=O) groups is 2. The summed E-state index contributed by atoms with van der Waals surface area (Å²) in [5.41, 5.74) is 3.96. The first-order valence-corrected chi connectivity index (χ1v) is 12.9. The lowest BCUT2D eigenvalue weighted by Crippen LogP contribution is -2.35. The topological polar surface area (TPSA) is 101 Å². The SMILES string of the molecule is O=C(c1ccc(OC2CCOC2)c(C2CC2)c1)N1C[C@@H]2CN(C(=O)c3ccc4n[nH]nc4c3)C[C@H]2C1. The monoisotopic (exact) mass is 487 g/mol. The lowest BCUT2D eigenvalue weighted by Gasteiger charge is -2.23. The standard InChI is InChI=1S/C27H29N5O4/c33-26(17-4-6-25(22(9-17)16-1-2-16)36-21-7-8-35-15-21)31-11-19-13-32(14-20(19)12-31)27(34)18-3-5-23-24(10-18)29-30-28-23/h3-6,9-10,16,19-21H,1-2,7-8,11-15H2,(H,28,29,30)/t19-,20-,21?/m1/s1.